The zero-order valence-electron chi connectivity index (χ0n) is 19.2. The van der Waals surface area contributed by atoms with E-state index in [9.17, 15) is 9.90 Å². The van der Waals surface area contributed by atoms with Crippen LogP contribution in [-0.2, 0) is 0 Å². The third kappa shape index (κ3) is 5.81. The molecule has 9 nitrogen and oxygen atoms in total. The fraction of sp³-hybridized carbons (Fsp3) is 0.435. The lowest BCUT2D eigenvalue weighted by Crippen LogP contribution is -2.32. The van der Waals surface area contributed by atoms with Gasteiger partial charge in [-0.05, 0) is 68.9 Å². The van der Waals surface area contributed by atoms with Crippen molar-refractivity contribution in [2.24, 2.45) is 5.92 Å². The molecule has 0 spiro atoms. The van der Waals surface area contributed by atoms with Crippen molar-refractivity contribution in [1.29, 1.82) is 0 Å². The summed E-state index contributed by atoms with van der Waals surface area (Å²) in [7, 11) is 1.53. The van der Waals surface area contributed by atoms with Gasteiger partial charge in [-0.1, -0.05) is 16.7 Å². The van der Waals surface area contributed by atoms with E-state index < -0.39 is 11.5 Å². The van der Waals surface area contributed by atoms with Crippen molar-refractivity contribution in [3.63, 3.8) is 0 Å². The second-order valence-electron chi connectivity index (χ2n) is 8.66. The first-order chi connectivity index (χ1) is 16.2. The van der Waals surface area contributed by atoms with Gasteiger partial charge in [0.25, 0.3) is 11.1 Å². The van der Waals surface area contributed by atoms with Crippen LogP contribution in [0.4, 0.5) is 5.13 Å². The van der Waals surface area contributed by atoms with Crippen LogP contribution >= 0.6 is 22.9 Å². The van der Waals surface area contributed by atoms with Gasteiger partial charge in [0.15, 0.2) is 0 Å². The Bertz CT molecular complexity index is 1180. The molecule has 0 unspecified atom stereocenters. The van der Waals surface area contributed by atoms with Crippen LogP contribution in [0.5, 0.6) is 10.9 Å². The van der Waals surface area contributed by atoms with E-state index in [0.29, 0.717) is 45.3 Å². The molecule has 1 fully saturated rings. The number of methoxy groups -OCH3 is 1. The summed E-state index contributed by atoms with van der Waals surface area (Å²) in [5.41, 5.74) is 1.73. The zero-order valence-corrected chi connectivity index (χ0v) is 20.7. The van der Waals surface area contributed by atoms with Gasteiger partial charge >= 0.3 is 0 Å². The largest absolute Gasteiger partial charge is 0.494 e. The number of pyridine rings is 2. The molecular weight excluding hydrogens is 478 g/mol. The van der Waals surface area contributed by atoms with E-state index in [1.54, 1.807) is 12.1 Å². The summed E-state index contributed by atoms with van der Waals surface area (Å²) >= 11 is 7.26. The topological polar surface area (TPSA) is 119 Å². The molecule has 1 aliphatic carbocycles. The molecule has 3 aromatic heterocycles. The standard InChI is InChI=1S/C23H26ClN5O4S/c1-13-8-15(16-9-19(24)26-11-18(16)32-3)17(10-25-13)20(30)27-21-28-29-22(34-21)33-12-14-4-6-23(2,31)7-5-14/h8-11,14,31H,4-7,12H2,1-3H3,(H,27,28,30). The van der Waals surface area contributed by atoms with E-state index in [1.807, 2.05) is 13.8 Å². The Morgan fingerprint density at radius 3 is 2.74 bits per heavy atom. The number of aliphatic hydroxyl groups is 1. The fourth-order valence-electron chi connectivity index (χ4n) is 3.89. The maximum Gasteiger partial charge on any atom is 0.295 e. The van der Waals surface area contributed by atoms with Crippen LogP contribution in [0.25, 0.3) is 11.1 Å². The molecule has 180 valence electrons. The highest BCUT2D eigenvalue weighted by Gasteiger charge is 2.29. The average Bonchev–Trinajstić information content (AvgIpc) is 3.25. The number of rotatable bonds is 7. The molecule has 0 saturated heterocycles. The number of nitrogens with one attached hydrogen (secondary N) is 1. The number of carbonyl (C=O) groups excluding carboxylic acids is 1. The SMILES string of the molecule is COc1cnc(Cl)cc1-c1cc(C)ncc1C(=O)Nc1nnc(OCC2CCC(C)(O)CC2)s1. The minimum absolute atomic E-state index is 0.282. The Hall–Kier alpha value is -2.82. The molecule has 0 atom stereocenters. The quantitative estimate of drug-likeness (QED) is 0.451. The zero-order chi connectivity index (χ0) is 24.3. The average molecular weight is 504 g/mol. The molecule has 0 bridgehead atoms. The van der Waals surface area contributed by atoms with Crippen LogP contribution < -0.4 is 14.8 Å². The van der Waals surface area contributed by atoms with Gasteiger partial charge < -0.3 is 14.6 Å². The third-order valence-electron chi connectivity index (χ3n) is 5.88. The Kier molecular flexibility index (Phi) is 7.30. The molecule has 1 saturated carbocycles. The number of aromatic nitrogens is 4. The minimum Gasteiger partial charge on any atom is -0.494 e. The predicted octanol–water partition coefficient (Wildman–Crippen LogP) is 4.54. The first kappa shape index (κ1) is 24.3. The van der Waals surface area contributed by atoms with Crippen molar-refractivity contribution >= 4 is 34.0 Å². The summed E-state index contributed by atoms with van der Waals surface area (Å²) in [5, 5.41) is 21.9. The molecule has 3 aromatic rings. The van der Waals surface area contributed by atoms with Gasteiger partial charge in [-0.2, -0.15) is 0 Å². The maximum absolute atomic E-state index is 13.1. The number of anilines is 1. The lowest BCUT2D eigenvalue weighted by molar-refractivity contribution is 0.00148. The highest BCUT2D eigenvalue weighted by molar-refractivity contribution is 7.17. The molecule has 0 aliphatic heterocycles. The van der Waals surface area contributed by atoms with E-state index in [1.165, 1.54) is 19.5 Å². The van der Waals surface area contributed by atoms with E-state index in [0.717, 1.165) is 42.7 Å². The van der Waals surface area contributed by atoms with Crippen molar-refractivity contribution in [1.82, 2.24) is 20.2 Å². The maximum atomic E-state index is 13.1. The van der Waals surface area contributed by atoms with Crippen molar-refractivity contribution in [3.05, 3.63) is 40.9 Å². The Balaban J connectivity index is 1.46. The van der Waals surface area contributed by atoms with Crippen LogP contribution in [0.1, 0.15) is 48.7 Å². The summed E-state index contributed by atoms with van der Waals surface area (Å²) in [5.74, 6) is 0.458. The van der Waals surface area contributed by atoms with Gasteiger partial charge in [-0.3, -0.25) is 15.1 Å². The molecule has 0 aromatic carbocycles. The number of amides is 1. The monoisotopic (exact) mass is 503 g/mol. The van der Waals surface area contributed by atoms with Crippen molar-refractivity contribution in [3.8, 4) is 22.1 Å². The second kappa shape index (κ2) is 10.2. The van der Waals surface area contributed by atoms with Crippen molar-refractivity contribution in [2.75, 3.05) is 19.0 Å². The van der Waals surface area contributed by atoms with Gasteiger partial charge in [0.05, 0.1) is 31.1 Å². The molecular formula is C23H26ClN5O4S. The Morgan fingerprint density at radius 2 is 2.00 bits per heavy atom. The summed E-state index contributed by atoms with van der Waals surface area (Å²) in [6.45, 7) is 4.22. The number of hydrogen-bond donors (Lipinski definition) is 2. The van der Waals surface area contributed by atoms with Crippen molar-refractivity contribution < 1.29 is 19.4 Å². The smallest absolute Gasteiger partial charge is 0.295 e. The first-order valence-electron chi connectivity index (χ1n) is 10.9. The number of ether oxygens (including phenoxy) is 2. The molecule has 1 amide bonds. The molecule has 11 heteroatoms. The summed E-state index contributed by atoms with van der Waals surface area (Å²) in [4.78, 5) is 21.4. The molecule has 0 radical (unpaired) electrons. The first-order valence-corrected chi connectivity index (χ1v) is 12.1. The van der Waals surface area contributed by atoms with Crippen LogP contribution in [0, 0.1) is 12.8 Å². The van der Waals surface area contributed by atoms with Gasteiger partial charge in [0, 0.05) is 23.0 Å². The van der Waals surface area contributed by atoms with Crippen LogP contribution in [-0.4, -0.2) is 50.5 Å². The molecule has 1 aliphatic rings. The Labute approximate surface area is 206 Å². The molecule has 3 heterocycles. The summed E-state index contributed by atoms with van der Waals surface area (Å²) in [6.07, 6.45) is 6.35. The van der Waals surface area contributed by atoms with E-state index >= 15 is 0 Å². The lowest BCUT2D eigenvalue weighted by atomic mass is 9.80. The number of nitrogens with zero attached hydrogens (tertiary/aromatic N) is 4. The van der Waals surface area contributed by atoms with Gasteiger partial charge in [-0.25, -0.2) is 4.98 Å². The van der Waals surface area contributed by atoms with E-state index in [2.05, 4.69) is 25.5 Å². The van der Waals surface area contributed by atoms with Gasteiger partial charge in [0.1, 0.15) is 10.9 Å². The molecule has 2 N–H and O–H groups in total. The number of carbonyl (C=O) groups is 1. The number of halogens is 1. The minimum atomic E-state index is -0.577. The predicted molar refractivity (Wildman–Crippen MR) is 130 cm³/mol. The lowest BCUT2D eigenvalue weighted by Gasteiger charge is -2.32. The molecule has 4 rings (SSSR count). The highest BCUT2D eigenvalue weighted by atomic mass is 35.5. The Morgan fingerprint density at radius 1 is 1.24 bits per heavy atom. The summed E-state index contributed by atoms with van der Waals surface area (Å²) < 4.78 is 11.2. The normalized spacial score (nSPS) is 20.1. The van der Waals surface area contributed by atoms with Crippen LogP contribution in [0.2, 0.25) is 5.15 Å². The van der Waals surface area contributed by atoms with E-state index in [-0.39, 0.29) is 5.15 Å². The number of aryl methyl sites for hydroxylation is 1. The highest BCUT2D eigenvalue weighted by Crippen LogP contribution is 2.35. The third-order valence-corrected chi connectivity index (χ3v) is 6.84. The summed E-state index contributed by atoms with van der Waals surface area (Å²) in [6, 6.07) is 3.44. The van der Waals surface area contributed by atoms with Gasteiger partial charge in [-0.15, -0.1) is 5.10 Å². The van der Waals surface area contributed by atoms with Crippen LogP contribution in [0.3, 0.4) is 0 Å². The van der Waals surface area contributed by atoms with Crippen molar-refractivity contribution in [2.45, 2.75) is 45.1 Å². The van der Waals surface area contributed by atoms with Crippen LogP contribution in [0.15, 0.2) is 24.5 Å². The number of hydrogen-bond acceptors (Lipinski definition) is 9. The van der Waals surface area contributed by atoms with Gasteiger partial charge in [0.2, 0.25) is 5.13 Å². The van der Waals surface area contributed by atoms with E-state index in [4.69, 9.17) is 21.1 Å². The molecule has 34 heavy (non-hydrogen) atoms. The fourth-order valence-corrected chi connectivity index (χ4v) is 4.65. The second-order valence-corrected chi connectivity index (χ2v) is 9.98.